The molecular formula is C28H34N6O2. The second kappa shape index (κ2) is 9.78. The van der Waals surface area contributed by atoms with Gasteiger partial charge in [0, 0.05) is 17.5 Å². The average molecular weight is 487 g/mol. The van der Waals surface area contributed by atoms with Crippen LogP contribution in [0.25, 0.3) is 0 Å². The van der Waals surface area contributed by atoms with Crippen LogP contribution in [0, 0.1) is 5.92 Å². The van der Waals surface area contributed by atoms with Crippen LogP contribution >= 0.6 is 0 Å². The minimum atomic E-state index is -0.526. The highest BCUT2D eigenvalue weighted by atomic mass is 16.2. The first kappa shape index (κ1) is 24.1. The highest BCUT2D eigenvalue weighted by Gasteiger charge is 2.40. The summed E-state index contributed by atoms with van der Waals surface area (Å²) < 4.78 is 1.69. The SMILES string of the molecule is CC(C)(C)c1cc(NC(=O)NC(c2ccccc2)c2ccccc2)n(C2NC(=O)C3CCCC3N2)n1. The second-order valence-electron chi connectivity index (χ2n) is 10.7. The molecule has 3 atom stereocenters. The normalized spacial score (nSPS) is 21.7. The van der Waals surface area contributed by atoms with E-state index in [1.165, 1.54) is 0 Å². The lowest BCUT2D eigenvalue weighted by Crippen LogP contribution is -2.57. The molecule has 3 amide bonds. The molecule has 188 valence electrons. The summed E-state index contributed by atoms with van der Waals surface area (Å²) in [5.41, 5.74) is 2.56. The van der Waals surface area contributed by atoms with E-state index in [-0.39, 0.29) is 35.4 Å². The van der Waals surface area contributed by atoms with Gasteiger partial charge in [-0.25, -0.2) is 9.48 Å². The zero-order valence-electron chi connectivity index (χ0n) is 21.0. The van der Waals surface area contributed by atoms with Gasteiger partial charge in [-0.3, -0.25) is 15.4 Å². The summed E-state index contributed by atoms with van der Waals surface area (Å²) in [5, 5.41) is 17.5. The van der Waals surface area contributed by atoms with Gasteiger partial charge in [0.25, 0.3) is 0 Å². The molecule has 3 aromatic rings. The number of fused-ring (bicyclic) bond motifs is 1. The zero-order valence-corrected chi connectivity index (χ0v) is 21.0. The van der Waals surface area contributed by atoms with Gasteiger partial charge in [0.15, 0.2) is 6.29 Å². The average Bonchev–Trinajstić information content (AvgIpc) is 3.51. The molecule has 2 aliphatic rings. The number of carbonyl (C=O) groups is 2. The fraction of sp³-hybridized carbons (Fsp3) is 0.393. The lowest BCUT2D eigenvalue weighted by atomic mass is 9.92. The Morgan fingerprint density at radius 3 is 2.28 bits per heavy atom. The number of amides is 3. The van der Waals surface area contributed by atoms with Crippen LogP contribution in [0.3, 0.4) is 0 Å². The van der Waals surface area contributed by atoms with Crippen molar-refractivity contribution in [3.8, 4) is 0 Å². The number of nitrogens with one attached hydrogen (secondary N) is 4. The van der Waals surface area contributed by atoms with Crippen molar-refractivity contribution in [2.24, 2.45) is 5.92 Å². The number of rotatable bonds is 5. The van der Waals surface area contributed by atoms with Gasteiger partial charge in [0.05, 0.1) is 17.7 Å². The number of carbonyl (C=O) groups excluding carboxylic acids is 2. The highest BCUT2D eigenvalue weighted by Crippen LogP contribution is 2.32. The quantitative estimate of drug-likeness (QED) is 0.429. The molecule has 1 saturated carbocycles. The second-order valence-corrected chi connectivity index (χ2v) is 10.7. The van der Waals surface area contributed by atoms with Gasteiger partial charge >= 0.3 is 6.03 Å². The van der Waals surface area contributed by atoms with Gasteiger partial charge in [-0.2, -0.15) is 5.10 Å². The molecule has 4 N–H and O–H groups in total. The van der Waals surface area contributed by atoms with E-state index in [1.54, 1.807) is 4.68 Å². The number of aromatic nitrogens is 2. The smallest absolute Gasteiger partial charge is 0.321 e. The maximum absolute atomic E-state index is 13.3. The van der Waals surface area contributed by atoms with E-state index in [9.17, 15) is 9.59 Å². The third-order valence-corrected chi connectivity index (χ3v) is 7.04. The van der Waals surface area contributed by atoms with Gasteiger partial charge in [-0.1, -0.05) is 87.9 Å². The Morgan fingerprint density at radius 2 is 1.67 bits per heavy atom. The molecule has 1 saturated heterocycles. The maximum atomic E-state index is 13.3. The summed E-state index contributed by atoms with van der Waals surface area (Å²) in [5.74, 6) is 0.556. The first-order valence-corrected chi connectivity index (χ1v) is 12.6. The molecule has 1 aromatic heterocycles. The van der Waals surface area contributed by atoms with Crippen LogP contribution in [-0.2, 0) is 10.2 Å². The van der Waals surface area contributed by atoms with Crippen LogP contribution in [0.15, 0.2) is 66.7 Å². The van der Waals surface area contributed by atoms with Crippen molar-refractivity contribution in [2.45, 2.75) is 63.8 Å². The van der Waals surface area contributed by atoms with Gasteiger partial charge in [-0.15, -0.1) is 0 Å². The van der Waals surface area contributed by atoms with Crippen molar-refractivity contribution in [2.75, 3.05) is 5.32 Å². The Kier molecular flexibility index (Phi) is 6.53. The maximum Gasteiger partial charge on any atom is 0.321 e. The molecule has 5 rings (SSSR count). The van der Waals surface area contributed by atoms with E-state index < -0.39 is 6.29 Å². The number of anilines is 1. The van der Waals surface area contributed by atoms with Gasteiger partial charge in [0.1, 0.15) is 5.82 Å². The molecule has 0 bridgehead atoms. The predicted molar refractivity (Wildman–Crippen MR) is 139 cm³/mol. The summed E-state index contributed by atoms with van der Waals surface area (Å²) in [6.07, 6.45) is 2.36. The van der Waals surface area contributed by atoms with Gasteiger partial charge in [-0.05, 0) is 24.0 Å². The molecule has 0 radical (unpaired) electrons. The standard InChI is InChI=1S/C28H34N6O2/c1-28(2,3)22-17-23(34(33-22)26-29-21-16-10-15-20(21)25(35)32-26)30-27(36)31-24(18-11-6-4-7-12-18)19-13-8-5-9-14-19/h4-9,11-14,17,20-21,24,26,29H,10,15-16H2,1-3H3,(H,32,35)(H2,30,31,36). The number of nitrogens with zero attached hydrogens (tertiary/aromatic N) is 2. The monoisotopic (exact) mass is 486 g/mol. The van der Waals surface area contributed by atoms with Crippen molar-refractivity contribution in [1.29, 1.82) is 0 Å². The summed E-state index contributed by atoms with van der Waals surface area (Å²) in [7, 11) is 0. The van der Waals surface area contributed by atoms with Crippen molar-refractivity contribution >= 4 is 17.8 Å². The number of hydrogen-bond acceptors (Lipinski definition) is 4. The van der Waals surface area contributed by atoms with Crippen LogP contribution in [0.2, 0.25) is 0 Å². The number of benzene rings is 2. The third-order valence-electron chi connectivity index (χ3n) is 7.04. The predicted octanol–water partition coefficient (Wildman–Crippen LogP) is 4.44. The molecule has 2 heterocycles. The van der Waals surface area contributed by atoms with Crippen LogP contribution in [0.4, 0.5) is 10.6 Å². The summed E-state index contributed by atoms with van der Waals surface area (Å²) >= 11 is 0. The topological polar surface area (TPSA) is 100 Å². The largest absolute Gasteiger partial charge is 0.327 e. The van der Waals surface area contributed by atoms with Crippen LogP contribution in [0.5, 0.6) is 0 Å². The summed E-state index contributed by atoms with van der Waals surface area (Å²) in [6, 6.07) is 21.1. The first-order chi connectivity index (χ1) is 17.3. The Bertz CT molecular complexity index is 1180. The lowest BCUT2D eigenvalue weighted by Gasteiger charge is -2.34. The lowest BCUT2D eigenvalue weighted by molar-refractivity contribution is -0.130. The van der Waals surface area contributed by atoms with E-state index >= 15 is 0 Å². The highest BCUT2D eigenvalue weighted by molar-refractivity contribution is 5.89. The summed E-state index contributed by atoms with van der Waals surface area (Å²) in [6.45, 7) is 6.22. The van der Waals surface area contributed by atoms with Gasteiger partial charge in [0.2, 0.25) is 5.91 Å². The van der Waals surface area contributed by atoms with Crippen LogP contribution in [-0.4, -0.2) is 27.8 Å². The van der Waals surface area contributed by atoms with Crippen molar-refractivity contribution in [3.63, 3.8) is 0 Å². The molecule has 2 aromatic carbocycles. The Morgan fingerprint density at radius 1 is 1.03 bits per heavy atom. The molecular weight excluding hydrogens is 452 g/mol. The Hall–Kier alpha value is -3.65. The van der Waals surface area contributed by atoms with E-state index in [0.29, 0.717) is 5.82 Å². The van der Waals surface area contributed by atoms with Crippen LogP contribution < -0.4 is 21.3 Å². The minimum Gasteiger partial charge on any atom is -0.327 e. The van der Waals surface area contributed by atoms with Gasteiger partial charge < -0.3 is 10.6 Å². The molecule has 1 aliphatic heterocycles. The molecule has 3 unspecified atom stereocenters. The van der Waals surface area contributed by atoms with Crippen molar-refractivity contribution in [1.82, 2.24) is 25.7 Å². The van der Waals surface area contributed by atoms with E-state index in [4.69, 9.17) is 5.10 Å². The summed E-state index contributed by atoms with van der Waals surface area (Å²) in [4.78, 5) is 26.1. The molecule has 8 nitrogen and oxygen atoms in total. The van der Waals surface area contributed by atoms with E-state index in [1.807, 2.05) is 66.7 Å². The number of hydrogen-bond donors (Lipinski definition) is 4. The van der Waals surface area contributed by atoms with Crippen molar-refractivity contribution in [3.05, 3.63) is 83.6 Å². The molecule has 2 fully saturated rings. The molecule has 1 aliphatic carbocycles. The number of urea groups is 1. The molecule has 8 heteroatoms. The minimum absolute atomic E-state index is 0.00360. The fourth-order valence-electron chi connectivity index (χ4n) is 5.08. The van der Waals surface area contributed by atoms with E-state index in [2.05, 4.69) is 42.0 Å². The Labute approximate surface area is 211 Å². The zero-order chi connectivity index (χ0) is 25.3. The van der Waals surface area contributed by atoms with Crippen molar-refractivity contribution < 1.29 is 9.59 Å². The first-order valence-electron chi connectivity index (χ1n) is 12.6. The molecule has 0 spiro atoms. The van der Waals surface area contributed by atoms with Crippen LogP contribution in [0.1, 0.15) is 69.2 Å². The molecule has 36 heavy (non-hydrogen) atoms. The Balaban J connectivity index is 1.41. The third kappa shape index (κ3) is 4.99. The fourth-order valence-corrected chi connectivity index (χ4v) is 5.08. The van der Waals surface area contributed by atoms with E-state index in [0.717, 1.165) is 36.1 Å².